The van der Waals surface area contributed by atoms with E-state index in [0.717, 1.165) is 6.07 Å². The van der Waals surface area contributed by atoms with Gasteiger partial charge in [0, 0.05) is 12.5 Å². The van der Waals surface area contributed by atoms with E-state index in [2.05, 4.69) is 9.97 Å². The zero-order valence-electron chi connectivity index (χ0n) is 10.7. The van der Waals surface area contributed by atoms with Crippen molar-refractivity contribution in [3.05, 3.63) is 65.0 Å². The third-order valence-corrected chi connectivity index (χ3v) is 3.17. The number of H-pyrrole nitrogens is 1. The number of hydrogen-bond donors (Lipinski definition) is 2. The molecule has 6 heteroatoms. The maximum absolute atomic E-state index is 13.6. The minimum Gasteiger partial charge on any atom is -0.478 e. The molecule has 1 heterocycles. The number of rotatable bonds is 3. The summed E-state index contributed by atoms with van der Waals surface area (Å²) in [6.07, 6.45) is 0.125. The number of carboxylic acids is 1. The van der Waals surface area contributed by atoms with Gasteiger partial charge >= 0.3 is 5.97 Å². The highest BCUT2D eigenvalue weighted by Crippen LogP contribution is 2.19. The fraction of sp³-hybridized carbons (Fsp3) is 0.0667. The van der Waals surface area contributed by atoms with Crippen LogP contribution in [0.4, 0.5) is 8.78 Å². The normalized spacial score (nSPS) is 11.0. The van der Waals surface area contributed by atoms with E-state index < -0.39 is 17.6 Å². The van der Waals surface area contributed by atoms with Crippen molar-refractivity contribution in [2.45, 2.75) is 6.42 Å². The highest BCUT2D eigenvalue weighted by molar-refractivity contribution is 6.00. The molecule has 2 N–H and O–H groups in total. The summed E-state index contributed by atoms with van der Waals surface area (Å²) < 4.78 is 26.5. The highest BCUT2D eigenvalue weighted by Gasteiger charge is 2.13. The van der Waals surface area contributed by atoms with Gasteiger partial charge in [-0.25, -0.2) is 18.6 Å². The van der Waals surface area contributed by atoms with E-state index in [1.165, 1.54) is 18.2 Å². The van der Waals surface area contributed by atoms with Gasteiger partial charge < -0.3 is 10.1 Å². The van der Waals surface area contributed by atoms with Gasteiger partial charge in [-0.2, -0.15) is 0 Å². The minimum atomic E-state index is -1.08. The first-order valence-electron chi connectivity index (χ1n) is 6.19. The van der Waals surface area contributed by atoms with Crippen molar-refractivity contribution >= 4 is 17.0 Å². The number of aromatic amines is 1. The smallest absolute Gasteiger partial charge is 0.337 e. The molecule has 106 valence electrons. The lowest BCUT2D eigenvalue weighted by atomic mass is 10.1. The Morgan fingerprint density at radius 1 is 1.24 bits per heavy atom. The Morgan fingerprint density at radius 3 is 2.76 bits per heavy atom. The summed E-state index contributed by atoms with van der Waals surface area (Å²) in [6, 6.07) is 8.07. The number of halogens is 2. The molecule has 2 aromatic carbocycles. The molecule has 0 spiro atoms. The number of carboxylic acid groups (broad SMARTS) is 1. The van der Waals surface area contributed by atoms with Crippen molar-refractivity contribution in [1.82, 2.24) is 9.97 Å². The molecule has 0 bridgehead atoms. The number of fused-ring (bicyclic) bond motifs is 1. The second-order valence-corrected chi connectivity index (χ2v) is 4.60. The minimum absolute atomic E-state index is 0.0783. The van der Waals surface area contributed by atoms with Crippen LogP contribution in [0.15, 0.2) is 36.4 Å². The van der Waals surface area contributed by atoms with Crippen LogP contribution in [-0.4, -0.2) is 21.0 Å². The Kier molecular flexibility index (Phi) is 3.13. The molecule has 0 aliphatic carbocycles. The van der Waals surface area contributed by atoms with Crippen molar-refractivity contribution in [3.8, 4) is 0 Å². The topological polar surface area (TPSA) is 66.0 Å². The fourth-order valence-electron chi connectivity index (χ4n) is 2.18. The number of benzene rings is 2. The van der Waals surface area contributed by atoms with Crippen molar-refractivity contribution in [2.75, 3.05) is 0 Å². The summed E-state index contributed by atoms with van der Waals surface area (Å²) in [5.41, 5.74) is 1.25. The molecule has 0 amide bonds. The summed E-state index contributed by atoms with van der Waals surface area (Å²) in [4.78, 5) is 18.3. The number of aromatic carboxylic acids is 1. The lowest BCUT2D eigenvalue weighted by molar-refractivity contribution is 0.0699. The molecule has 3 aromatic rings. The van der Waals surface area contributed by atoms with Crippen LogP contribution in [0.2, 0.25) is 0 Å². The first-order chi connectivity index (χ1) is 10.0. The summed E-state index contributed by atoms with van der Waals surface area (Å²) in [5.74, 6) is -1.96. The quantitative estimate of drug-likeness (QED) is 0.778. The number of nitrogens with one attached hydrogen (secondary N) is 1. The highest BCUT2D eigenvalue weighted by atomic mass is 19.1. The number of aromatic nitrogens is 2. The van der Waals surface area contributed by atoms with Crippen LogP contribution in [0.3, 0.4) is 0 Å². The van der Waals surface area contributed by atoms with Crippen molar-refractivity contribution < 1.29 is 18.7 Å². The maximum atomic E-state index is 13.6. The van der Waals surface area contributed by atoms with Gasteiger partial charge in [-0.3, -0.25) is 0 Å². The lowest BCUT2D eigenvalue weighted by Crippen LogP contribution is -1.97. The van der Waals surface area contributed by atoms with E-state index in [1.807, 2.05) is 0 Å². The number of hydrogen-bond acceptors (Lipinski definition) is 2. The zero-order chi connectivity index (χ0) is 15.0. The van der Waals surface area contributed by atoms with E-state index in [-0.39, 0.29) is 17.5 Å². The van der Waals surface area contributed by atoms with Crippen molar-refractivity contribution in [2.24, 2.45) is 0 Å². The third-order valence-electron chi connectivity index (χ3n) is 3.17. The van der Waals surface area contributed by atoms with Crippen LogP contribution >= 0.6 is 0 Å². The first kappa shape index (κ1) is 13.2. The van der Waals surface area contributed by atoms with Crippen LogP contribution < -0.4 is 0 Å². The lowest BCUT2D eigenvalue weighted by Gasteiger charge is -2.00. The summed E-state index contributed by atoms with van der Waals surface area (Å²) in [7, 11) is 0. The molecule has 0 atom stereocenters. The van der Waals surface area contributed by atoms with Gasteiger partial charge in [-0.1, -0.05) is 12.1 Å². The fourth-order valence-corrected chi connectivity index (χ4v) is 2.18. The molecule has 0 aliphatic rings. The standard InChI is InChI=1S/C15H10F2N2O2/c16-9-5-4-8(11(17)7-9)6-13-18-12-3-1-2-10(15(20)21)14(12)19-13/h1-5,7H,6H2,(H,18,19)(H,20,21). The zero-order valence-corrected chi connectivity index (χ0v) is 10.7. The van der Waals surface area contributed by atoms with Gasteiger partial charge in [0.1, 0.15) is 23.0 Å². The third kappa shape index (κ3) is 2.47. The molecular weight excluding hydrogens is 278 g/mol. The summed E-state index contributed by atoms with van der Waals surface area (Å²) in [6.45, 7) is 0. The van der Waals surface area contributed by atoms with Crippen LogP contribution in [0.25, 0.3) is 11.0 Å². The van der Waals surface area contributed by atoms with Crippen LogP contribution in [0, 0.1) is 11.6 Å². The van der Waals surface area contributed by atoms with Gasteiger partial charge in [0.2, 0.25) is 0 Å². The van der Waals surface area contributed by atoms with E-state index in [4.69, 9.17) is 5.11 Å². The Labute approximate surface area is 118 Å². The largest absolute Gasteiger partial charge is 0.478 e. The molecular formula is C15H10F2N2O2. The second-order valence-electron chi connectivity index (χ2n) is 4.60. The first-order valence-corrected chi connectivity index (χ1v) is 6.19. The van der Waals surface area contributed by atoms with Crippen LogP contribution in [0.5, 0.6) is 0 Å². The molecule has 3 rings (SSSR count). The molecule has 0 radical (unpaired) electrons. The molecule has 1 aromatic heterocycles. The van der Waals surface area contributed by atoms with Crippen molar-refractivity contribution in [3.63, 3.8) is 0 Å². The number of imidazole rings is 1. The van der Waals surface area contributed by atoms with Gasteiger partial charge in [-0.05, 0) is 23.8 Å². The average Bonchev–Trinajstić information content (AvgIpc) is 2.83. The van der Waals surface area contributed by atoms with E-state index in [9.17, 15) is 13.6 Å². The Morgan fingerprint density at radius 2 is 2.05 bits per heavy atom. The van der Waals surface area contributed by atoms with E-state index in [0.29, 0.717) is 16.9 Å². The molecule has 0 fully saturated rings. The molecule has 0 saturated heterocycles. The average molecular weight is 288 g/mol. The van der Waals surface area contributed by atoms with Gasteiger partial charge in [-0.15, -0.1) is 0 Å². The van der Waals surface area contributed by atoms with Gasteiger partial charge in [0.25, 0.3) is 0 Å². The maximum Gasteiger partial charge on any atom is 0.337 e. The van der Waals surface area contributed by atoms with Gasteiger partial charge in [0.15, 0.2) is 0 Å². The van der Waals surface area contributed by atoms with Crippen molar-refractivity contribution in [1.29, 1.82) is 0 Å². The molecule has 0 unspecified atom stereocenters. The molecule has 4 nitrogen and oxygen atoms in total. The Balaban J connectivity index is 2.02. The monoisotopic (exact) mass is 288 g/mol. The summed E-state index contributed by atoms with van der Waals surface area (Å²) >= 11 is 0. The Bertz CT molecular complexity index is 843. The SMILES string of the molecule is O=C(O)c1cccc2[nH]c(Cc3ccc(F)cc3F)nc12. The number of para-hydroxylation sites is 1. The predicted molar refractivity (Wildman–Crippen MR) is 72.2 cm³/mol. The van der Waals surface area contributed by atoms with Crippen LogP contribution in [-0.2, 0) is 6.42 Å². The van der Waals surface area contributed by atoms with Gasteiger partial charge in [0.05, 0.1) is 11.1 Å². The van der Waals surface area contributed by atoms with E-state index >= 15 is 0 Å². The molecule has 21 heavy (non-hydrogen) atoms. The molecule has 0 saturated carbocycles. The summed E-state index contributed by atoms with van der Waals surface area (Å²) in [5, 5.41) is 9.10. The Hall–Kier alpha value is -2.76. The number of carbonyl (C=O) groups is 1. The second kappa shape index (κ2) is 4.97. The van der Waals surface area contributed by atoms with E-state index in [1.54, 1.807) is 12.1 Å². The predicted octanol–water partition coefficient (Wildman–Crippen LogP) is 3.13. The molecule has 0 aliphatic heterocycles. The van der Waals surface area contributed by atoms with Crippen LogP contribution in [0.1, 0.15) is 21.7 Å². The number of nitrogens with zero attached hydrogens (tertiary/aromatic N) is 1.